The molecule has 102 valence electrons. The van der Waals surface area contributed by atoms with Crippen molar-refractivity contribution in [3.63, 3.8) is 0 Å². The molecule has 0 amide bonds. The maximum absolute atomic E-state index is 9.09. The molecule has 0 radical (unpaired) electrons. The quantitative estimate of drug-likeness (QED) is 0.743. The molecule has 0 spiro atoms. The van der Waals surface area contributed by atoms with Crippen LogP contribution < -0.4 is 14.8 Å². The Kier molecular flexibility index (Phi) is 5.80. The summed E-state index contributed by atoms with van der Waals surface area (Å²) < 4.78 is 10.4. The summed E-state index contributed by atoms with van der Waals surface area (Å²) in [7, 11) is 3.12. The maximum Gasteiger partial charge on any atom is 0.224 e. The molecular weight excluding hydrogens is 234 g/mol. The Bertz CT molecular complexity index is 351. The van der Waals surface area contributed by atoms with Gasteiger partial charge in [-0.3, -0.25) is 0 Å². The summed E-state index contributed by atoms with van der Waals surface area (Å²) in [5.41, 5.74) is 0.777. The Balaban J connectivity index is 2.76. The van der Waals surface area contributed by atoms with Crippen LogP contribution in [0.5, 0.6) is 11.8 Å². The molecule has 1 aromatic rings. The molecule has 1 heterocycles. The zero-order valence-corrected chi connectivity index (χ0v) is 11.3. The van der Waals surface area contributed by atoms with Gasteiger partial charge < -0.3 is 19.9 Å². The van der Waals surface area contributed by atoms with Crippen LogP contribution in [0.25, 0.3) is 0 Å². The van der Waals surface area contributed by atoms with E-state index >= 15 is 0 Å². The minimum absolute atomic E-state index is 0.147. The lowest BCUT2D eigenvalue weighted by Gasteiger charge is -2.20. The Morgan fingerprint density at radius 2 is 1.78 bits per heavy atom. The fraction of sp³-hybridized carbons (Fsp3) is 0.667. The molecule has 1 aromatic heterocycles. The van der Waals surface area contributed by atoms with Crippen molar-refractivity contribution in [1.29, 1.82) is 0 Å². The van der Waals surface area contributed by atoms with Crippen LogP contribution >= 0.6 is 0 Å². The number of methoxy groups -OCH3 is 2. The highest BCUT2D eigenvalue weighted by Crippen LogP contribution is 2.23. The summed E-state index contributed by atoms with van der Waals surface area (Å²) in [5.74, 6) is 1.17. The normalized spacial score (nSPS) is 14.1. The van der Waals surface area contributed by atoms with Crippen molar-refractivity contribution in [3.8, 4) is 11.8 Å². The lowest BCUT2D eigenvalue weighted by Crippen LogP contribution is -2.33. The highest BCUT2D eigenvalue weighted by Gasteiger charge is 2.16. The maximum atomic E-state index is 9.09. The van der Waals surface area contributed by atoms with Crippen molar-refractivity contribution in [2.75, 3.05) is 20.8 Å². The van der Waals surface area contributed by atoms with Crippen molar-refractivity contribution < 1.29 is 14.6 Å². The lowest BCUT2D eigenvalue weighted by molar-refractivity contribution is 0.206. The molecule has 0 aliphatic heterocycles. The van der Waals surface area contributed by atoms with Crippen molar-refractivity contribution in [2.45, 2.75) is 26.4 Å². The lowest BCUT2D eigenvalue weighted by atomic mass is 10.1. The van der Waals surface area contributed by atoms with Gasteiger partial charge in [-0.1, -0.05) is 6.92 Å². The standard InChI is InChI=1S/C12H21N3O3/c1-8(6-16)9(2)13-5-10-11(17-3)14-7-15-12(10)18-4/h7-9,13,16H,5-6H2,1-4H3. The summed E-state index contributed by atoms with van der Waals surface area (Å²) in [6.07, 6.45) is 1.40. The van der Waals surface area contributed by atoms with Gasteiger partial charge in [0, 0.05) is 19.2 Å². The molecule has 2 unspecified atom stereocenters. The number of nitrogens with one attached hydrogen (secondary N) is 1. The zero-order chi connectivity index (χ0) is 13.5. The molecule has 0 saturated carbocycles. The van der Waals surface area contributed by atoms with Gasteiger partial charge in [0.15, 0.2) is 0 Å². The van der Waals surface area contributed by atoms with Crippen molar-refractivity contribution in [1.82, 2.24) is 15.3 Å². The molecular formula is C12H21N3O3. The summed E-state index contributed by atoms with van der Waals surface area (Å²) in [6, 6.07) is 0.171. The van der Waals surface area contributed by atoms with E-state index in [1.165, 1.54) is 6.33 Å². The summed E-state index contributed by atoms with van der Waals surface area (Å²) in [4.78, 5) is 8.09. The minimum atomic E-state index is 0.147. The molecule has 0 fully saturated rings. The zero-order valence-electron chi connectivity index (χ0n) is 11.3. The van der Waals surface area contributed by atoms with E-state index in [0.717, 1.165) is 5.56 Å². The van der Waals surface area contributed by atoms with Crippen molar-refractivity contribution >= 4 is 0 Å². The fourth-order valence-electron chi connectivity index (χ4n) is 1.51. The Hall–Kier alpha value is -1.40. The summed E-state index contributed by atoms with van der Waals surface area (Å²) >= 11 is 0. The Morgan fingerprint density at radius 1 is 1.22 bits per heavy atom. The first-order valence-electron chi connectivity index (χ1n) is 5.90. The fourth-order valence-corrected chi connectivity index (χ4v) is 1.51. The number of ether oxygens (including phenoxy) is 2. The first kappa shape index (κ1) is 14.7. The van der Waals surface area contributed by atoms with E-state index in [9.17, 15) is 0 Å². The Labute approximate surface area is 107 Å². The van der Waals surface area contributed by atoms with Gasteiger partial charge in [-0.2, -0.15) is 0 Å². The molecule has 2 N–H and O–H groups in total. The average molecular weight is 255 g/mol. The van der Waals surface area contributed by atoms with E-state index in [-0.39, 0.29) is 18.6 Å². The molecule has 6 nitrogen and oxygen atoms in total. The van der Waals surface area contributed by atoms with Crippen LogP contribution in [0.3, 0.4) is 0 Å². The summed E-state index contributed by atoms with van der Waals surface area (Å²) in [6.45, 7) is 4.67. The van der Waals surface area contributed by atoms with Gasteiger partial charge in [-0.05, 0) is 12.8 Å². The molecule has 0 saturated heterocycles. The van der Waals surface area contributed by atoms with Crippen LogP contribution in [-0.2, 0) is 6.54 Å². The second-order valence-corrected chi connectivity index (χ2v) is 4.20. The van der Waals surface area contributed by atoms with Crippen molar-refractivity contribution in [2.24, 2.45) is 5.92 Å². The van der Waals surface area contributed by atoms with Gasteiger partial charge >= 0.3 is 0 Å². The second kappa shape index (κ2) is 7.13. The highest BCUT2D eigenvalue weighted by molar-refractivity contribution is 5.34. The third-order valence-electron chi connectivity index (χ3n) is 3.00. The predicted octanol–water partition coefficient (Wildman–Crippen LogP) is 0.600. The van der Waals surface area contributed by atoms with E-state index in [1.807, 2.05) is 13.8 Å². The van der Waals surface area contributed by atoms with Gasteiger partial charge in [-0.25, -0.2) is 9.97 Å². The van der Waals surface area contributed by atoms with Gasteiger partial charge in [0.2, 0.25) is 11.8 Å². The molecule has 18 heavy (non-hydrogen) atoms. The van der Waals surface area contributed by atoms with E-state index in [1.54, 1.807) is 14.2 Å². The van der Waals surface area contributed by atoms with Crippen LogP contribution in [0, 0.1) is 5.92 Å². The molecule has 6 heteroatoms. The van der Waals surface area contributed by atoms with Gasteiger partial charge in [0.1, 0.15) is 6.33 Å². The van der Waals surface area contributed by atoms with Crippen LogP contribution in [-0.4, -0.2) is 41.9 Å². The molecule has 0 aliphatic rings. The SMILES string of the molecule is COc1ncnc(OC)c1CNC(C)C(C)CO. The molecule has 0 bridgehead atoms. The van der Waals surface area contributed by atoms with Crippen LogP contribution in [0.1, 0.15) is 19.4 Å². The van der Waals surface area contributed by atoms with E-state index in [0.29, 0.717) is 18.3 Å². The number of hydrogen-bond donors (Lipinski definition) is 2. The van der Waals surface area contributed by atoms with E-state index in [2.05, 4.69) is 15.3 Å². The van der Waals surface area contributed by atoms with Gasteiger partial charge in [0.25, 0.3) is 0 Å². The van der Waals surface area contributed by atoms with Gasteiger partial charge in [0.05, 0.1) is 19.8 Å². The summed E-state index contributed by atoms with van der Waals surface area (Å²) in [5, 5.41) is 12.4. The van der Waals surface area contributed by atoms with Crippen LogP contribution in [0.15, 0.2) is 6.33 Å². The minimum Gasteiger partial charge on any atom is -0.481 e. The third kappa shape index (κ3) is 3.54. The number of rotatable bonds is 7. The smallest absolute Gasteiger partial charge is 0.224 e. The largest absolute Gasteiger partial charge is 0.481 e. The molecule has 1 rings (SSSR count). The van der Waals surface area contributed by atoms with Crippen LogP contribution in [0.4, 0.5) is 0 Å². The first-order chi connectivity index (χ1) is 8.63. The number of nitrogens with zero attached hydrogens (tertiary/aromatic N) is 2. The Morgan fingerprint density at radius 3 is 2.22 bits per heavy atom. The highest BCUT2D eigenvalue weighted by atomic mass is 16.5. The predicted molar refractivity (Wildman–Crippen MR) is 67.7 cm³/mol. The number of aliphatic hydroxyl groups is 1. The third-order valence-corrected chi connectivity index (χ3v) is 3.00. The van der Waals surface area contributed by atoms with E-state index < -0.39 is 0 Å². The number of hydrogen-bond acceptors (Lipinski definition) is 6. The average Bonchev–Trinajstić information content (AvgIpc) is 2.43. The molecule has 0 aromatic carbocycles. The van der Waals surface area contributed by atoms with Crippen LogP contribution in [0.2, 0.25) is 0 Å². The van der Waals surface area contributed by atoms with Crippen molar-refractivity contribution in [3.05, 3.63) is 11.9 Å². The molecule has 2 atom stereocenters. The first-order valence-corrected chi connectivity index (χ1v) is 5.90. The monoisotopic (exact) mass is 255 g/mol. The second-order valence-electron chi connectivity index (χ2n) is 4.20. The van der Waals surface area contributed by atoms with E-state index in [4.69, 9.17) is 14.6 Å². The van der Waals surface area contributed by atoms with Gasteiger partial charge in [-0.15, -0.1) is 0 Å². The number of aliphatic hydroxyl groups excluding tert-OH is 1. The molecule has 0 aliphatic carbocycles. The number of aromatic nitrogens is 2. The topological polar surface area (TPSA) is 76.5 Å².